The summed E-state index contributed by atoms with van der Waals surface area (Å²) in [4.78, 5) is 2.35. The molecule has 0 aromatic heterocycles. The molecule has 0 unspecified atom stereocenters. The van der Waals surface area contributed by atoms with Crippen LogP contribution in [0.1, 0.15) is 25.7 Å². The molecule has 0 fully saturated rings. The Balaban J connectivity index is 3.02. The van der Waals surface area contributed by atoms with Crippen molar-refractivity contribution in [3.8, 4) is 0 Å². The highest BCUT2D eigenvalue weighted by Gasteiger charge is 1.96. The van der Waals surface area contributed by atoms with Gasteiger partial charge in [-0.25, -0.2) is 0 Å². The number of nitrogens with zero attached hydrogens (tertiary/aromatic N) is 1. The predicted octanol–water partition coefficient (Wildman–Crippen LogP) is 1.87. The van der Waals surface area contributed by atoms with Gasteiger partial charge in [0.15, 0.2) is 0 Å². The molecule has 0 aliphatic rings. The summed E-state index contributed by atoms with van der Waals surface area (Å²) < 4.78 is 0. The first kappa shape index (κ1) is 12.4. The van der Waals surface area contributed by atoms with Gasteiger partial charge in [-0.2, -0.15) is 0 Å². The van der Waals surface area contributed by atoms with Crippen LogP contribution in [0.25, 0.3) is 0 Å². The molecular weight excluding hydrogens is 218 g/mol. The molecule has 74 valence electrons. The molecule has 1 N–H and O–H groups in total. The maximum absolute atomic E-state index is 8.55. The number of aliphatic hydroxyl groups is 1. The van der Waals surface area contributed by atoms with Gasteiger partial charge >= 0.3 is 0 Å². The van der Waals surface area contributed by atoms with E-state index in [2.05, 4.69) is 27.9 Å². The monoisotopic (exact) mass is 237 g/mol. The Labute approximate surface area is 84.1 Å². The molecule has 0 saturated heterocycles. The van der Waals surface area contributed by atoms with Gasteiger partial charge in [0, 0.05) is 11.9 Å². The van der Waals surface area contributed by atoms with Gasteiger partial charge in [0.1, 0.15) is 0 Å². The topological polar surface area (TPSA) is 23.5 Å². The number of alkyl halides is 1. The highest BCUT2D eigenvalue weighted by Crippen LogP contribution is 1.98. The van der Waals surface area contributed by atoms with Crippen LogP contribution in [-0.2, 0) is 0 Å². The van der Waals surface area contributed by atoms with Gasteiger partial charge in [0.2, 0.25) is 0 Å². The Kier molecular flexibility index (Phi) is 9.80. The van der Waals surface area contributed by atoms with Crippen molar-refractivity contribution in [3.05, 3.63) is 0 Å². The first-order chi connectivity index (χ1) is 5.81. The van der Waals surface area contributed by atoms with Gasteiger partial charge in [0.25, 0.3) is 0 Å². The number of unbranched alkanes of at least 4 members (excludes halogenated alkanes) is 2. The fourth-order valence-corrected chi connectivity index (χ4v) is 1.36. The van der Waals surface area contributed by atoms with Crippen LogP contribution in [0.15, 0.2) is 0 Å². The lowest BCUT2D eigenvalue weighted by atomic mass is 10.2. The summed E-state index contributed by atoms with van der Waals surface area (Å²) in [5, 5.41) is 9.64. The zero-order valence-electron chi connectivity index (χ0n) is 7.93. The van der Waals surface area contributed by atoms with Crippen molar-refractivity contribution in [1.29, 1.82) is 0 Å². The van der Waals surface area contributed by atoms with Crippen molar-refractivity contribution in [2.24, 2.45) is 0 Å². The SMILES string of the molecule is CN(CCCBr)CCCCCO. The fraction of sp³-hybridized carbons (Fsp3) is 1.00. The molecule has 0 saturated carbocycles. The number of aliphatic hydroxyl groups excluding tert-OH is 1. The first-order valence-corrected chi connectivity index (χ1v) is 5.78. The Morgan fingerprint density at radius 1 is 1.08 bits per heavy atom. The molecule has 12 heavy (non-hydrogen) atoms. The average Bonchev–Trinajstić information content (AvgIpc) is 2.09. The zero-order valence-corrected chi connectivity index (χ0v) is 9.52. The summed E-state index contributed by atoms with van der Waals surface area (Å²) in [5.74, 6) is 0. The third-order valence-corrected chi connectivity index (χ3v) is 2.43. The van der Waals surface area contributed by atoms with E-state index in [1.54, 1.807) is 0 Å². The fourth-order valence-electron chi connectivity index (χ4n) is 1.11. The largest absolute Gasteiger partial charge is 0.396 e. The summed E-state index contributed by atoms with van der Waals surface area (Å²) in [6.07, 6.45) is 4.53. The van der Waals surface area contributed by atoms with E-state index in [9.17, 15) is 0 Å². The Hall–Kier alpha value is 0.400. The Bertz CT molecular complexity index is 90.6. The minimum atomic E-state index is 0.338. The molecule has 2 nitrogen and oxygen atoms in total. The van der Waals surface area contributed by atoms with Crippen molar-refractivity contribution in [3.63, 3.8) is 0 Å². The maximum atomic E-state index is 8.55. The molecule has 0 atom stereocenters. The molecule has 0 aliphatic carbocycles. The van der Waals surface area contributed by atoms with Gasteiger partial charge < -0.3 is 10.0 Å². The van der Waals surface area contributed by atoms with E-state index in [-0.39, 0.29) is 0 Å². The second-order valence-electron chi connectivity index (χ2n) is 3.13. The van der Waals surface area contributed by atoms with E-state index in [4.69, 9.17) is 5.11 Å². The highest BCUT2D eigenvalue weighted by molar-refractivity contribution is 9.09. The van der Waals surface area contributed by atoms with Crippen LogP contribution >= 0.6 is 15.9 Å². The third kappa shape index (κ3) is 8.50. The Morgan fingerprint density at radius 3 is 2.33 bits per heavy atom. The van der Waals surface area contributed by atoms with Crippen LogP contribution in [-0.4, -0.2) is 42.1 Å². The summed E-state index contributed by atoms with van der Waals surface area (Å²) >= 11 is 3.41. The molecular formula is C9H20BrNO. The number of rotatable bonds is 8. The summed E-state index contributed by atoms with van der Waals surface area (Å²) in [6, 6.07) is 0. The summed E-state index contributed by atoms with van der Waals surface area (Å²) in [7, 11) is 2.15. The molecule has 0 spiro atoms. The van der Waals surface area contributed by atoms with Crippen LogP contribution in [0.4, 0.5) is 0 Å². The summed E-state index contributed by atoms with van der Waals surface area (Å²) in [5.41, 5.74) is 0. The van der Waals surface area contributed by atoms with E-state index in [0.717, 1.165) is 24.7 Å². The minimum absolute atomic E-state index is 0.338. The average molecular weight is 238 g/mol. The quantitative estimate of drug-likeness (QED) is 0.515. The normalized spacial score (nSPS) is 11.0. The maximum Gasteiger partial charge on any atom is 0.0431 e. The minimum Gasteiger partial charge on any atom is -0.396 e. The molecule has 0 aromatic carbocycles. The van der Waals surface area contributed by atoms with Crippen LogP contribution in [0.3, 0.4) is 0 Å². The van der Waals surface area contributed by atoms with Crippen molar-refractivity contribution in [2.75, 3.05) is 32.1 Å². The third-order valence-electron chi connectivity index (χ3n) is 1.87. The molecule has 0 amide bonds. The van der Waals surface area contributed by atoms with E-state index < -0.39 is 0 Å². The smallest absolute Gasteiger partial charge is 0.0431 e. The van der Waals surface area contributed by atoms with Gasteiger partial charge in [0.05, 0.1) is 0 Å². The zero-order chi connectivity index (χ0) is 9.23. The molecule has 0 aliphatic heterocycles. The van der Waals surface area contributed by atoms with Gasteiger partial charge in [-0.15, -0.1) is 0 Å². The highest BCUT2D eigenvalue weighted by atomic mass is 79.9. The lowest BCUT2D eigenvalue weighted by molar-refractivity contribution is 0.273. The van der Waals surface area contributed by atoms with Crippen molar-refractivity contribution in [1.82, 2.24) is 4.90 Å². The molecule has 3 heteroatoms. The second-order valence-corrected chi connectivity index (χ2v) is 3.92. The van der Waals surface area contributed by atoms with Crippen LogP contribution in [0.2, 0.25) is 0 Å². The summed E-state index contributed by atoms with van der Waals surface area (Å²) in [6.45, 7) is 2.67. The molecule has 0 rings (SSSR count). The van der Waals surface area contributed by atoms with Gasteiger partial charge in [-0.05, 0) is 45.8 Å². The van der Waals surface area contributed by atoms with E-state index in [1.165, 1.54) is 19.4 Å². The standard InChI is InChI=1S/C9H20BrNO/c1-11(8-5-6-10)7-3-2-4-9-12/h12H,2-9H2,1H3. The van der Waals surface area contributed by atoms with E-state index in [1.807, 2.05) is 0 Å². The molecule has 0 aromatic rings. The number of halogens is 1. The number of hydrogen-bond acceptors (Lipinski definition) is 2. The van der Waals surface area contributed by atoms with Gasteiger partial charge in [-0.1, -0.05) is 15.9 Å². The lowest BCUT2D eigenvalue weighted by Gasteiger charge is -2.15. The van der Waals surface area contributed by atoms with E-state index in [0.29, 0.717) is 6.61 Å². The van der Waals surface area contributed by atoms with Crippen LogP contribution in [0, 0.1) is 0 Å². The second kappa shape index (κ2) is 9.49. The number of hydrogen-bond donors (Lipinski definition) is 1. The van der Waals surface area contributed by atoms with Crippen LogP contribution < -0.4 is 0 Å². The Morgan fingerprint density at radius 2 is 1.75 bits per heavy atom. The predicted molar refractivity (Wildman–Crippen MR) is 56.8 cm³/mol. The van der Waals surface area contributed by atoms with Gasteiger partial charge in [-0.3, -0.25) is 0 Å². The first-order valence-electron chi connectivity index (χ1n) is 4.66. The van der Waals surface area contributed by atoms with Crippen molar-refractivity contribution < 1.29 is 5.11 Å². The molecule has 0 heterocycles. The van der Waals surface area contributed by atoms with Crippen molar-refractivity contribution >= 4 is 15.9 Å². The molecule has 0 radical (unpaired) electrons. The van der Waals surface area contributed by atoms with E-state index >= 15 is 0 Å². The molecule has 0 bridgehead atoms. The van der Waals surface area contributed by atoms with Crippen molar-refractivity contribution in [2.45, 2.75) is 25.7 Å². The van der Waals surface area contributed by atoms with Crippen LogP contribution in [0.5, 0.6) is 0 Å². The lowest BCUT2D eigenvalue weighted by Crippen LogP contribution is -2.21.